The third-order valence-electron chi connectivity index (χ3n) is 6.25. The van der Waals surface area contributed by atoms with Gasteiger partial charge in [-0.25, -0.2) is 4.39 Å². The first-order valence-corrected chi connectivity index (χ1v) is 10.7. The summed E-state index contributed by atoms with van der Waals surface area (Å²) in [6.07, 6.45) is -4.07. The summed E-state index contributed by atoms with van der Waals surface area (Å²) in [5, 5.41) is 15.3. The van der Waals surface area contributed by atoms with Crippen molar-refractivity contribution in [2.75, 3.05) is 31.4 Å². The number of aliphatic carboxylic acids is 1. The molecule has 0 aliphatic heterocycles. The number of rotatable bonds is 7. The quantitative estimate of drug-likeness (QED) is 0.485. The van der Waals surface area contributed by atoms with Gasteiger partial charge >= 0.3 is 12.1 Å². The maximum absolute atomic E-state index is 14.3. The SMILES string of the molecule is CNc1ccc([C@H]2CC(COC)C[C@@H](C(=O)Nc3ccc(C(F)(F)F)cc3F)[C@@H]2C(=O)O)cc1. The molecule has 0 heterocycles. The molecule has 10 heteroatoms. The molecule has 3 N–H and O–H groups in total. The second kappa shape index (κ2) is 10.4. The number of halogens is 4. The third-order valence-corrected chi connectivity index (χ3v) is 6.25. The summed E-state index contributed by atoms with van der Waals surface area (Å²) < 4.78 is 58.0. The fourth-order valence-corrected chi connectivity index (χ4v) is 4.63. The van der Waals surface area contributed by atoms with E-state index in [2.05, 4.69) is 10.6 Å². The maximum atomic E-state index is 14.3. The Hall–Kier alpha value is -3.14. The predicted molar refractivity (Wildman–Crippen MR) is 118 cm³/mol. The molecule has 1 unspecified atom stereocenters. The van der Waals surface area contributed by atoms with Crippen molar-refractivity contribution in [2.24, 2.45) is 17.8 Å². The zero-order chi connectivity index (χ0) is 25.0. The molecular weight excluding hydrogens is 456 g/mol. The summed E-state index contributed by atoms with van der Waals surface area (Å²) in [4.78, 5) is 25.4. The van der Waals surface area contributed by atoms with Gasteiger partial charge in [0.2, 0.25) is 5.91 Å². The lowest BCUT2D eigenvalue weighted by atomic mass is 9.65. The van der Waals surface area contributed by atoms with Crippen LogP contribution in [0.1, 0.15) is 29.9 Å². The monoisotopic (exact) mass is 482 g/mol. The number of carboxylic acids is 1. The number of alkyl halides is 3. The molecule has 6 nitrogen and oxygen atoms in total. The fourth-order valence-electron chi connectivity index (χ4n) is 4.63. The Bertz CT molecular complexity index is 1030. The predicted octanol–water partition coefficient (Wildman–Crippen LogP) is 4.98. The fraction of sp³-hybridized carbons (Fsp3) is 0.417. The molecule has 1 fully saturated rings. The zero-order valence-corrected chi connectivity index (χ0v) is 18.7. The number of anilines is 2. The van der Waals surface area contributed by atoms with Crippen molar-refractivity contribution in [2.45, 2.75) is 24.9 Å². The van der Waals surface area contributed by atoms with Gasteiger partial charge in [0.15, 0.2) is 0 Å². The van der Waals surface area contributed by atoms with Gasteiger partial charge in [-0.3, -0.25) is 9.59 Å². The van der Waals surface area contributed by atoms with Gasteiger partial charge < -0.3 is 20.5 Å². The van der Waals surface area contributed by atoms with E-state index in [9.17, 15) is 32.3 Å². The first-order chi connectivity index (χ1) is 16.0. The van der Waals surface area contributed by atoms with E-state index in [-0.39, 0.29) is 12.3 Å². The van der Waals surface area contributed by atoms with E-state index in [0.717, 1.165) is 17.3 Å². The van der Waals surface area contributed by atoms with Gasteiger partial charge in [0.05, 0.1) is 23.1 Å². The van der Waals surface area contributed by atoms with Crippen LogP contribution in [0.15, 0.2) is 42.5 Å². The van der Waals surface area contributed by atoms with Gasteiger partial charge in [-0.05, 0) is 60.6 Å². The van der Waals surface area contributed by atoms with Crippen LogP contribution in [0.3, 0.4) is 0 Å². The molecule has 0 radical (unpaired) electrons. The van der Waals surface area contributed by atoms with Crippen LogP contribution in [0.5, 0.6) is 0 Å². The molecular formula is C24H26F4N2O4. The Morgan fingerprint density at radius 1 is 1.12 bits per heavy atom. The molecule has 0 aromatic heterocycles. The molecule has 34 heavy (non-hydrogen) atoms. The van der Waals surface area contributed by atoms with Crippen LogP contribution in [0, 0.1) is 23.6 Å². The molecule has 4 atom stereocenters. The highest BCUT2D eigenvalue weighted by Gasteiger charge is 2.46. The van der Waals surface area contributed by atoms with Crippen molar-refractivity contribution < 1.29 is 37.0 Å². The number of benzene rings is 2. The summed E-state index contributed by atoms with van der Waals surface area (Å²) in [5.74, 6) is -5.98. The standard InChI is InChI=1S/C24H26F4N2O4/c1-29-16-6-3-14(4-7-16)17-9-13(12-34-2)10-18(21(17)23(32)33)22(31)30-20-8-5-15(11-19(20)25)24(26,27)28/h3-8,11,13,17-18,21,29H,9-10,12H2,1-2H3,(H,30,31)(H,32,33)/t13?,17-,18-,21-/m1/s1. The molecule has 1 amide bonds. The van der Waals surface area contributed by atoms with E-state index in [0.29, 0.717) is 25.2 Å². The van der Waals surface area contributed by atoms with Gasteiger partial charge in [-0.15, -0.1) is 0 Å². The Labute approximate surface area is 194 Å². The summed E-state index contributed by atoms with van der Waals surface area (Å²) in [6, 6.07) is 8.99. The van der Waals surface area contributed by atoms with Gasteiger partial charge in [-0.1, -0.05) is 12.1 Å². The van der Waals surface area contributed by atoms with Crippen molar-refractivity contribution in [3.05, 3.63) is 59.4 Å². The van der Waals surface area contributed by atoms with Crippen LogP contribution in [0.4, 0.5) is 28.9 Å². The van der Waals surface area contributed by atoms with Gasteiger partial charge in [0.1, 0.15) is 5.82 Å². The van der Waals surface area contributed by atoms with Gasteiger partial charge in [0, 0.05) is 26.5 Å². The summed E-state index contributed by atoms with van der Waals surface area (Å²) >= 11 is 0. The molecule has 1 aliphatic rings. The van der Waals surface area contributed by atoms with Crippen molar-refractivity contribution in [3.63, 3.8) is 0 Å². The zero-order valence-electron chi connectivity index (χ0n) is 18.7. The lowest BCUT2D eigenvalue weighted by molar-refractivity contribution is -0.150. The van der Waals surface area contributed by atoms with E-state index >= 15 is 0 Å². The molecule has 1 saturated carbocycles. The van der Waals surface area contributed by atoms with Crippen molar-refractivity contribution >= 4 is 23.3 Å². The number of ether oxygens (including phenoxy) is 1. The molecule has 184 valence electrons. The molecule has 1 aliphatic carbocycles. The molecule has 0 spiro atoms. The summed E-state index contributed by atoms with van der Waals surface area (Å²) in [7, 11) is 3.26. The van der Waals surface area contributed by atoms with Crippen LogP contribution >= 0.6 is 0 Å². The molecule has 2 aromatic rings. The highest BCUT2D eigenvalue weighted by atomic mass is 19.4. The molecule has 0 bridgehead atoms. The van der Waals surface area contributed by atoms with Crippen molar-refractivity contribution in [3.8, 4) is 0 Å². The van der Waals surface area contributed by atoms with E-state index in [1.165, 1.54) is 7.11 Å². The first-order valence-electron chi connectivity index (χ1n) is 10.7. The number of nitrogens with one attached hydrogen (secondary N) is 2. The Kier molecular flexibility index (Phi) is 7.81. The van der Waals surface area contributed by atoms with E-state index in [1.54, 1.807) is 31.3 Å². The Morgan fingerprint density at radius 3 is 2.32 bits per heavy atom. The average molecular weight is 482 g/mol. The highest BCUT2D eigenvalue weighted by Crippen LogP contribution is 2.45. The lowest BCUT2D eigenvalue weighted by Gasteiger charge is -2.39. The molecule has 2 aromatic carbocycles. The van der Waals surface area contributed by atoms with E-state index in [1.807, 2.05) is 0 Å². The first kappa shape index (κ1) is 25.5. The summed E-state index contributed by atoms with van der Waals surface area (Å²) in [6.45, 7) is 0.301. The Morgan fingerprint density at radius 2 is 1.79 bits per heavy atom. The highest BCUT2D eigenvalue weighted by molar-refractivity contribution is 5.95. The van der Waals surface area contributed by atoms with Crippen LogP contribution in [0.25, 0.3) is 0 Å². The number of amides is 1. The van der Waals surface area contributed by atoms with Crippen LogP contribution in [0.2, 0.25) is 0 Å². The minimum absolute atomic E-state index is 0.136. The number of carbonyl (C=O) groups is 2. The van der Waals surface area contributed by atoms with Crippen LogP contribution < -0.4 is 10.6 Å². The number of methoxy groups -OCH3 is 1. The van der Waals surface area contributed by atoms with E-state index < -0.39 is 52.9 Å². The smallest absolute Gasteiger partial charge is 0.416 e. The van der Waals surface area contributed by atoms with Crippen molar-refractivity contribution in [1.29, 1.82) is 0 Å². The minimum Gasteiger partial charge on any atom is -0.481 e. The number of carbonyl (C=O) groups excluding carboxylic acids is 1. The number of hydrogen-bond donors (Lipinski definition) is 3. The van der Waals surface area contributed by atoms with Crippen LogP contribution in [-0.2, 0) is 20.5 Å². The summed E-state index contributed by atoms with van der Waals surface area (Å²) in [5.41, 5.74) is -0.0436. The second-order valence-electron chi connectivity index (χ2n) is 8.42. The average Bonchev–Trinajstić information content (AvgIpc) is 2.79. The number of hydrogen-bond acceptors (Lipinski definition) is 4. The van der Waals surface area contributed by atoms with Gasteiger partial charge in [-0.2, -0.15) is 13.2 Å². The molecule has 0 saturated heterocycles. The minimum atomic E-state index is -4.73. The normalized spacial score (nSPS) is 22.8. The van der Waals surface area contributed by atoms with Crippen molar-refractivity contribution in [1.82, 2.24) is 0 Å². The largest absolute Gasteiger partial charge is 0.481 e. The Balaban J connectivity index is 1.91. The lowest BCUT2D eigenvalue weighted by Crippen LogP contribution is -2.43. The third kappa shape index (κ3) is 5.67. The maximum Gasteiger partial charge on any atom is 0.416 e. The molecule has 3 rings (SSSR count). The topological polar surface area (TPSA) is 87.7 Å². The van der Waals surface area contributed by atoms with Gasteiger partial charge in [0.25, 0.3) is 0 Å². The number of carboxylic acid groups (broad SMARTS) is 1. The second-order valence-corrected chi connectivity index (χ2v) is 8.42. The van der Waals surface area contributed by atoms with Crippen LogP contribution in [-0.4, -0.2) is 37.7 Å². The van der Waals surface area contributed by atoms with E-state index in [4.69, 9.17) is 4.74 Å².